The van der Waals surface area contributed by atoms with Crippen molar-refractivity contribution in [1.82, 2.24) is 0 Å². The Morgan fingerprint density at radius 1 is 0.619 bits per heavy atom. The Kier molecular flexibility index (Phi) is 9.50. The molecule has 0 aromatic rings. The first kappa shape index (κ1) is 20.7. The lowest BCUT2D eigenvalue weighted by molar-refractivity contribution is -0.253. The second kappa shape index (κ2) is 9.65. The van der Waals surface area contributed by atoms with Gasteiger partial charge in [0.2, 0.25) is 0 Å². The van der Waals surface area contributed by atoms with Gasteiger partial charge in [0.05, 0.1) is 37.3 Å². The minimum atomic E-state index is -1.25. The van der Waals surface area contributed by atoms with Crippen LogP contribution in [0.2, 0.25) is 0 Å². The van der Waals surface area contributed by atoms with Crippen molar-refractivity contribution in [3.8, 4) is 0 Å². The van der Waals surface area contributed by atoms with Crippen molar-refractivity contribution in [3.05, 3.63) is 0 Å². The molecule has 128 valence electrons. The zero-order valence-electron chi connectivity index (χ0n) is 13.1. The predicted molar refractivity (Wildman–Crippen MR) is 73.4 cm³/mol. The van der Waals surface area contributed by atoms with E-state index in [1.54, 1.807) is 0 Å². The average Bonchev–Trinajstić information content (AvgIpc) is 2.54. The average molecular weight is 312 g/mol. The molecule has 8 nitrogen and oxygen atoms in total. The highest BCUT2D eigenvalue weighted by Gasteiger charge is 2.50. The van der Waals surface area contributed by atoms with Crippen LogP contribution in [0.1, 0.15) is 6.42 Å². The highest BCUT2D eigenvalue weighted by atomic mass is 16.7. The summed E-state index contributed by atoms with van der Waals surface area (Å²) in [6.45, 7) is -1.90. The van der Waals surface area contributed by atoms with E-state index in [1.165, 1.54) is 28.4 Å². The van der Waals surface area contributed by atoms with Gasteiger partial charge in [-0.25, -0.2) is 0 Å². The Morgan fingerprint density at radius 3 is 1.00 bits per heavy atom. The summed E-state index contributed by atoms with van der Waals surface area (Å²) in [6.07, 6.45) is -1.91. The summed E-state index contributed by atoms with van der Waals surface area (Å²) in [5, 5.41) is 38.9. The molecule has 0 saturated carbocycles. The molecule has 0 aliphatic heterocycles. The van der Waals surface area contributed by atoms with Crippen molar-refractivity contribution < 1.29 is 39.4 Å². The monoisotopic (exact) mass is 312 g/mol. The molecule has 0 atom stereocenters. The molecule has 0 aliphatic rings. The minimum absolute atomic E-state index is 0.0430. The van der Waals surface area contributed by atoms with E-state index >= 15 is 0 Å². The third kappa shape index (κ3) is 4.33. The molecule has 0 unspecified atom stereocenters. The first-order valence-electron chi connectivity index (χ1n) is 6.54. The Labute approximate surface area is 125 Å². The summed E-state index contributed by atoms with van der Waals surface area (Å²) < 4.78 is 20.6. The van der Waals surface area contributed by atoms with Gasteiger partial charge in [0.15, 0.2) is 12.6 Å². The fourth-order valence-electron chi connectivity index (χ4n) is 2.68. The van der Waals surface area contributed by atoms with Crippen LogP contribution in [0.3, 0.4) is 0 Å². The number of aliphatic hydroxyl groups excluding tert-OH is 4. The molecule has 0 radical (unpaired) electrons. The first-order valence-corrected chi connectivity index (χ1v) is 6.54. The van der Waals surface area contributed by atoms with Crippen LogP contribution in [0.4, 0.5) is 0 Å². The molecule has 0 aromatic heterocycles. The number of rotatable bonds is 12. The molecule has 0 aromatic carbocycles. The molecule has 0 bridgehead atoms. The molecule has 0 rings (SSSR count). The van der Waals surface area contributed by atoms with Crippen LogP contribution in [-0.4, -0.2) is 87.9 Å². The maximum atomic E-state index is 9.73. The second-order valence-corrected chi connectivity index (χ2v) is 5.14. The van der Waals surface area contributed by atoms with Crippen LogP contribution < -0.4 is 0 Å². The zero-order chi connectivity index (χ0) is 16.5. The summed E-state index contributed by atoms with van der Waals surface area (Å²) >= 11 is 0. The lowest BCUT2D eigenvalue weighted by Crippen LogP contribution is -2.54. The quantitative estimate of drug-likeness (QED) is 0.324. The third-order valence-electron chi connectivity index (χ3n) is 3.82. The van der Waals surface area contributed by atoms with E-state index in [2.05, 4.69) is 0 Å². The lowest BCUT2D eigenvalue weighted by atomic mass is 9.71. The normalized spacial score (nSPS) is 13.4. The summed E-state index contributed by atoms with van der Waals surface area (Å²) in [5.41, 5.74) is -2.49. The maximum Gasteiger partial charge on any atom is 0.166 e. The lowest BCUT2D eigenvalue weighted by Gasteiger charge is -2.45. The highest BCUT2D eigenvalue weighted by molar-refractivity contribution is 4.93. The first-order chi connectivity index (χ1) is 9.99. The molecule has 0 aliphatic carbocycles. The number of ether oxygens (including phenoxy) is 4. The topological polar surface area (TPSA) is 118 Å². The predicted octanol–water partition coefficient (Wildman–Crippen LogP) is -1.44. The molecule has 0 heterocycles. The fraction of sp³-hybridized carbons (Fsp3) is 1.00. The summed E-state index contributed by atoms with van der Waals surface area (Å²) in [6, 6.07) is 0. The Morgan fingerprint density at radius 2 is 0.857 bits per heavy atom. The van der Waals surface area contributed by atoms with Crippen molar-refractivity contribution in [3.63, 3.8) is 0 Å². The van der Waals surface area contributed by atoms with Gasteiger partial charge in [-0.2, -0.15) is 0 Å². The Bertz CT molecular complexity index is 231. The van der Waals surface area contributed by atoms with Crippen molar-refractivity contribution in [2.45, 2.75) is 19.0 Å². The molecule has 8 heteroatoms. The summed E-state index contributed by atoms with van der Waals surface area (Å²) in [5.74, 6) is 0. The van der Waals surface area contributed by atoms with Gasteiger partial charge in [0, 0.05) is 28.4 Å². The van der Waals surface area contributed by atoms with E-state index in [0.717, 1.165) is 0 Å². The molecule has 4 N–H and O–H groups in total. The van der Waals surface area contributed by atoms with Crippen LogP contribution >= 0.6 is 0 Å². The third-order valence-corrected chi connectivity index (χ3v) is 3.82. The fourth-order valence-corrected chi connectivity index (χ4v) is 2.68. The van der Waals surface area contributed by atoms with Gasteiger partial charge in [-0.15, -0.1) is 0 Å². The van der Waals surface area contributed by atoms with E-state index < -0.39 is 49.8 Å². The smallest absolute Gasteiger partial charge is 0.166 e. The maximum absolute atomic E-state index is 9.73. The molecule has 0 spiro atoms. The zero-order valence-corrected chi connectivity index (χ0v) is 13.1. The van der Waals surface area contributed by atoms with Crippen molar-refractivity contribution in [1.29, 1.82) is 0 Å². The van der Waals surface area contributed by atoms with Gasteiger partial charge < -0.3 is 39.4 Å². The number of methoxy groups -OCH3 is 4. The van der Waals surface area contributed by atoms with E-state index in [0.29, 0.717) is 0 Å². The Hall–Kier alpha value is -0.320. The molecular weight excluding hydrogens is 284 g/mol. The SMILES string of the molecule is COC(OC)C(CO)(CO)CC(CO)(CO)C(OC)OC. The van der Waals surface area contributed by atoms with E-state index in [9.17, 15) is 20.4 Å². The highest BCUT2D eigenvalue weighted by Crippen LogP contribution is 2.41. The van der Waals surface area contributed by atoms with Crippen molar-refractivity contribution >= 4 is 0 Å². The van der Waals surface area contributed by atoms with Crippen LogP contribution in [-0.2, 0) is 18.9 Å². The second-order valence-electron chi connectivity index (χ2n) is 5.14. The number of aliphatic hydroxyl groups is 4. The van der Waals surface area contributed by atoms with Gasteiger partial charge in [-0.3, -0.25) is 0 Å². The van der Waals surface area contributed by atoms with Gasteiger partial charge in [0.1, 0.15) is 0 Å². The molecule has 0 saturated heterocycles. The standard InChI is InChI=1S/C13H28O8/c1-18-10(19-2)12(6-14,7-15)5-13(8-16,9-17)11(20-3)21-4/h10-11,14-17H,5-9H2,1-4H3. The van der Waals surface area contributed by atoms with E-state index in [-0.39, 0.29) is 6.42 Å². The van der Waals surface area contributed by atoms with E-state index in [4.69, 9.17) is 18.9 Å². The number of hydrogen-bond donors (Lipinski definition) is 4. The van der Waals surface area contributed by atoms with Crippen molar-refractivity contribution in [2.75, 3.05) is 54.9 Å². The molecule has 0 amide bonds. The summed E-state index contributed by atoms with van der Waals surface area (Å²) in [4.78, 5) is 0. The molecular formula is C13H28O8. The van der Waals surface area contributed by atoms with Crippen LogP contribution in [0.15, 0.2) is 0 Å². The Balaban J connectivity index is 5.61. The van der Waals surface area contributed by atoms with Crippen LogP contribution in [0.5, 0.6) is 0 Å². The van der Waals surface area contributed by atoms with E-state index in [1.807, 2.05) is 0 Å². The van der Waals surface area contributed by atoms with Crippen molar-refractivity contribution in [2.24, 2.45) is 10.8 Å². The summed E-state index contributed by atoms with van der Waals surface area (Å²) in [7, 11) is 5.49. The van der Waals surface area contributed by atoms with Crippen LogP contribution in [0.25, 0.3) is 0 Å². The van der Waals surface area contributed by atoms with Crippen LogP contribution in [0, 0.1) is 10.8 Å². The molecule has 21 heavy (non-hydrogen) atoms. The van der Waals surface area contributed by atoms with Gasteiger partial charge >= 0.3 is 0 Å². The molecule has 0 fully saturated rings. The van der Waals surface area contributed by atoms with Gasteiger partial charge in [-0.1, -0.05) is 0 Å². The minimum Gasteiger partial charge on any atom is -0.396 e. The van der Waals surface area contributed by atoms with Gasteiger partial charge in [0.25, 0.3) is 0 Å². The van der Waals surface area contributed by atoms with Gasteiger partial charge in [-0.05, 0) is 6.42 Å². The number of hydrogen-bond acceptors (Lipinski definition) is 8. The largest absolute Gasteiger partial charge is 0.396 e.